The molecule has 0 fully saturated rings. The second kappa shape index (κ2) is 13.0. The Morgan fingerprint density at radius 2 is 1.58 bits per heavy atom. The van der Waals surface area contributed by atoms with Gasteiger partial charge in [-0.25, -0.2) is 4.99 Å². The molecule has 2 aromatic carbocycles. The molecule has 7 nitrogen and oxygen atoms in total. The van der Waals surface area contributed by atoms with Crippen molar-refractivity contribution in [3.63, 3.8) is 0 Å². The summed E-state index contributed by atoms with van der Waals surface area (Å²) in [4.78, 5) is 29.1. The first-order valence-electron chi connectivity index (χ1n) is 9.91. The van der Waals surface area contributed by atoms with Crippen LogP contribution < -0.4 is 16.4 Å². The van der Waals surface area contributed by atoms with E-state index in [1.165, 1.54) is 12.1 Å². The molecule has 2 aromatic rings. The van der Waals surface area contributed by atoms with Crippen LogP contribution in [0.1, 0.15) is 34.0 Å². The number of benzene rings is 2. The second-order valence-corrected chi connectivity index (χ2v) is 7.07. The molecule has 0 aliphatic heterocycles. The number of halogens is 4. The number of nitrogens with one attached hydrogen (secondary N) is 2. The minimum atomic E-state index is -4.36. The van der Waals surface area contributed by atoms with Gasteiger partial charge >= 0.3 is 6.18 Å². The molecule has 0 saturated heterocycles. The minimum absolute atomic E-state index is 0. The van der Waals surface area contributed by atoms with E-state index in [1.807, 2.05) is 11.8 Å². The molecular weight excluding hydrogens is 550 g/mol. The predicted molar refractivity (Wildman–Crippen MR) is 131 cm³/mol. The number of primary amides is 1. The lowest BCUT2D eigenvalue weighted by atomic mass is 10.1. The van der Waals surface area contributed by atoms with Gasteiger partial charge in [0.25, 0.3) is 5.91 Å². The van der Waals surface area contributed by atoms with Crippen molar-refractivity contribution in [3.8, 4) is 0 Å². The van der Waals surface area contributed by atoms with Crippen LogP contribution in [-0.2, 0) is 24.1 Å². The Morgan fingerprint density at radius 1 is 1.00 bits per heavy atom. The second-order valence-electron chi connectivity index (χ2n) is 7.07. The first-order valence-corrected chi connectivity index (χ1v) is 9.91. The maximum absolute atomic E-state index is 12.7. The Labute approximate surface area is 207 Å². The summed E-state index contributed by atoms with van der Waals surface area (Å²) in [5.74, 6) is -0.431. The van der Waals surface area contributed by atoms with Gasteiger partial charge in [0.15, 0.2) is 5.96 Å². The molecule has 0 bridgehead atoms. The Hall–Kier alpha value is -2.83. The quantitative estimate of drug-likeness (QED) is 0.255. The Morgan fingerprint density at radius 3 is 2.09 bits per heavy atom. The molecule has 0 aromatic heterocycles. The van der Waals surface area contributed by atoms with Crippen molar-refractivity contribution < 1.29 is 22.8 Å². The maximum Gasteiger partial charge on any atom is 0.416 e. The number of aliphatic imine (C=N–C) groups is 1. The highest BCUT2D eigenvalue weighted by molar-refractivity contribution is 14.0. The third kappa shape index (κ3) is 9.28. The highest BCUT2D eigenvalue weighted by Gasteiger charge is 2.29. The van der Waals surface area contributed by atoms with Crippen LogP contribution in [0, 0.1) is 0 Å². The number of rotatable bonds is 8. The van der Waals surface area contributed by atoms with Gasteiger partial charge in [-0.3, -0.25) is 9.59 Å². The number of alkyl halides is 3. The normalized spacial score (nSPS) is 11.4. The monoisotopic (exact) mass is 577 g/mol. The van der Waals surface area contributed by atoms with E-state index in [0.717, 1.165) is 23.3 Å². The van der Waals surface area contributed by atoms with Gasteiger partial charge in [-0.15, -0.1) is 24.0 Å². The lowest BCUT2D eigenvalue weighted by Crippen LogP contribution is -2.38. The molecule has 4 N–H and O–H groups in total. The van der Waals surface area contributed by atoms with Gasteiger partial charge in [0, 0.05) is 25.7 Å². The molecule has 180 valence electrons. The van der Waals surface area contributed by atoms with Crippen LogP contribution in [0.4, 0.5) is 13.2 Å². The Balaban J connectivity index is 0.00000544. The van der Waals surface area contributed by atoms with E-state index in [9.17, 15) is 22.8 Å². The zero-order valence-corrected chi connectivity index (χ0v) is 20.6. The molecule has 0 aliphatic carbocycles. The first kappa shape index (κ1) is 28.2. The van der Waals surface area contributed by atoms with E-state index in [4.69, 9.17) is 5.73 Å². The number of hydrogen-bond acceptors (Lipinski definition) is 3. The van der Waals surface area contributed by atoms with Crippen LogP contribution in [0.25, 0.3) is 0 Å². The van der Waals surface area contributed by atoms with Crippen LogP contribution in [-0.4, -0.2) is 42.8 Å². The van der Waals surface area contributed by atoms with Crippen LogP contribution in [0.3, 0.4) is 0 Å². The summed E-state index contributed by atoms with van der Waals surface area (Å²) in [5, 5.41) is 5.57. The predicted octanol–water partition coefficient (Wildman–Crippen LogP) is 3.14. The highest BCUT2D eigenvalue weighted by atomic mass is 127. The van der Waals surface area contributed by atoms with Crippen molar-refractivity contribution in [1.82, 2.24) is 15.5 Å². The van der Waals surface area contributed by atoms with Crippen molar-refractivity contribution >= 4 is 41.8 Å². The van der Waals surface area contributed by atoms with Gasteiger partial charge in [-0.1, -0.05) is 24.3 Å². The average Bonchev–Trinajstić information content (AvgIpc) is 2.75. The third-order valence-electron chi connectivity index (χ3n) is 4.45. The number of carbonyl (C=O) groups excluding carboxylic acids is 2. The van der Waals surface area contributed by atoms with Crippen LogP contribution in [0.5, 0.6) is 0 Å². The Kier molecular flexibility index (Phi) is 11.1. The van der Waals surface area contributed by atoms with Crippen molar-refractivity contribution in [2.45, 2.75) is 26.2 Å². The molecule has 2 rings (SSSR count). The molecular formula is C22H27F3IN5O2. The zero-order valence-electron chi connectivity index (χ0n) is 18.3. The van der Waals surface area contributed by atoms with Gasteiger partial charge in [0.05, 0.1) is 18.7 Å². The average molecular weight is 577 g/mol. The Bertz CT molecular complexity index is 948. The van der Waals surface area contributed by atoms with Crippen molar-refractivity contribution in [3.05, 3.63) is 70.8 Å². The number of nitrogens with two attached hydrogens (primary N) is 1. The van der Waals surface area contributed by atoms with Crippen LogP contribution in [0.2, 0.25) is 0 Å². The van der Waals surface area contributed by atoms with Gasteiger partial charge in [-0.2, -0.15) is 13.2 Å². The smallest absolute Gasteiger partial charge is 0.368 e. The molecule has 11 heteroatoms. The molecule has 0 unspecified atom stereocenters. The summed E-state index contributed by atoms with van der Waals surface area (Å²) in [6.07, 6.45) is -4.36. The largest absolute Gasteiger partial charge is 0.416 e. The summed E-state index contributed by atoms with van der Waals surface area (Å²) in [5.41, 5.74) is 6.29. The number of amides is 2. The topological polar surface area (TPSA) is 99.8 Å². The lowest BCUT2D eigenvalue weighted by Gasteiger charge is -2.22. The van der Waals surface area contributed by atoms with E-state index in [0.29, 0.717) is 31.2 Å². The first-order chi connectivity index (χ1) is 15.1. The summed E-state index contributed by atoms with van der Waals surface area (Å²) < 4.78 is 38.2. The van der Waals surface area contributed by atoms with Gasteiger partial charge < -0.3 is 21.3 Å². The van der Waals surface area contributed by atoms with E-state index in [-0.39, 0.29) is 30.5 Å². The number of hydrogen-bond donors (Lipinski definition) is 3. The molecule has 0 atom stereocenters. The molecule has 0 saturated carbocycles. The standard InChI is InChI=1S/C22H26F3N5O2.HI/c1-3-27-21(30(2)14-16-6-10-18(11-7-16)22(23,24)25)29-12-15-4-8-17(9-5-15)20(32)28-13-19(26)31;/h4-11H,3,12-14H2,1-2H3,(H2,26,31)(H,27,29)(H,28,32);1H. The van der Waals surface area contributed by atoms with Gasteiger partial charge in [0.2, 0.25) is 5.91 Å². The zero-order chi connectivity index (χ0) is 23.7. The van der Waals surface area contributed by atoms with Crippen LogP contribution in [0.15, 0.2) is 53.5 Å². The fourth-order valence-electron chi connectivity index (χ4n) is 2.81. The fourth-order valence-corrected chi connectivity index (χ4v) is 2.81. The van der Waals surface area contributed by atoms with Crippen molar-refractivity contribution in [2.75, 3.05) is 20.1 Å². The SMILES string of the molecule is CCNC(=NCc1ccc(C(=O)NCC(N)=O)cc1)N(C)Cc1ccc(C(F)(F)F)cc1.I. The van der Waals surface area contributed by atoms with E-state index in [1.54, 1.807) is 31.3 Å². The summed E-state index contributed by atoms with van der Waals surface area (Å²) >= 11 is 0. The molecule has 0 heterocycles. The number of nitrogens with zero attached hydrogens (tertiary/aromatic N) is 2. The van der Waals surface area contributed by atoms with E-state index >= 15 is 0 Å². The van der Waals surface area contributed by atoms with Gasteiger partial charge in [-0.05, 0) is 42.3 Å². The summed E-state index contributed by atoms with van der Waals surface area (Å²) in [7, 11) is 1.80. The number of carbonyl (C=O) groups is 2. The lowest BCUT2D eigenvalue weighted by molar-refractivity contribution is -0.137. The number of guanidine groups is 1. The summed E-state index contributed by atoms with van der Waals surface area (Å²) in [6.45, 7) is 3.02. The van der Waals surface area contributed by atoms with Crippen LogP contribution >= 0.6 is 24.0 Å². The fraction of sp³-hybridized carbons (Fsp3) is 0.318. The van der Waals surface area contributed by atoms with Crippen molar-refractivity contribution in [2.24, 2.45) is 10.7 Å². The molecule has 0 aliphatic rings. The highest BCUT2D eigenvalue weighted by Crippen LogP contribution is 2.29. The third-order valence-corrected chi connectivity index (χ3v) is 4.45. The van der Waals surface area contributed by atoms with Crippen molar-refractivity contribution in [1.29, 1.82) is 0 Å². The molecule has 0 spiro atoms. The minimum Gasteiger partial charge on any atom is -0.368 e. The molecule has 0 radical (unpaired) electrons. The van der Waals surface area contributed by atoms with E-state index in [2.05, 4.69) is 15.6 Å². The van der Waals surface area contributed by atoms with E-state index < -0.39 is 23.6 Å². The van der Waals surface area contributed by atoms with Gasteiger partial charge in [0.1, 0.15) is 0 Å². The molecule has 2 amide bonds. The molecule has 33 heavy (non-hydrogen) atoms. The summed E-state index contributed by atoms with van der Waals surface area (Å²) in [6, 6.07) is 11.8. The maximum atomic E-state index is 12.7.